The minimum Gasteiger partial charge on any atom is -0.350 e. The molecule has 0 atom stereocenters. The van der Waals surface area contributed by atoms with Crippen LogP contribution in [0.25, 0.3) is 0 Å². The van der Waals surface area contributed by atoms with Crippen molar-refractivity contribution >= 4 is 33.6 Å². The number of nitrogens with zero attached hydrogens (tertiary/aromatic N) is 1. The van der Waals surface area contributed by atoms with Gasteiger partial charge in [-0.1, -0.05) is 15.9 Å². The Labute approximate surface area is 136 Å². The van der Waals surface area contributed by atoms with Crippen LogP contribution in [0.15, 0.2) is 53.3 Å². The number of rotatable bonds is 5. The first-order valence-electron chi connectivity index (χ1n) is 6.64. The predicted molar refractivity (Wildman–Crippen MR) is 87.7 cm³/mol. The van der Waals surface area contributed by atoms with Crippen LogP contribution in [0.2, 0.25) is 0 Å². The van der Waals surface area contributed by atoms with Gasteiger partial charge in [0, 0.05) is 29.3 Å². The highest BCUT2D eigenvalue weighted by molar-refractivity contribution is 9.10. The number of urea groups is 1. The van der Waals surface area contributed by atoms with Crippen molar-refractivity contribution in [3.63, 3.8) is 0 Å². The fourth-order valence-electron chi connectivity index (χ4n) is 1.67. The summed E-state index contributed by atoms with van der Waals surface area (Å²) in [5.41, 5.74) is 1.18. The van der Waals surface area contributed by atoms with Gasteiger partial charge >= 0.3 is 6.03 Å². The zero-order valence-corrected chi connectivity index (χ0v) is 13.3. The van der Waals surface area contributed by atoms with E-state index in [2.05, 4.69) is 36.9 Å². The summed E-state index contributed by atoms with van der Waals surface area (Å²) >= 11 is 3.31. The number of benzene rings is 1. The quantitative estimate of drug-likeness (QED) is 0.714. The highest BCUT2D eigenvalue weighted by Crippen LogP contribution is 2.10. The second-order valence-electron chi connectivity index (χ2n) is 4.39. The van der Waals surface area contributed by atoms with Gasteiger partial charge in [0.25, 0.3) is 5.91 Å². The van der Waals surface area contributed by atoms with Crippen molar-refractivity contribution in [2.24, 2.45) is 0 Å². The number of halogens is 1. The Hall–Kier alpha value is -2.41. The molecule has 3 amide bonds. The molecule has 22 heavy (non-hydrogen) atoms. The summed E-state index contributed by atoms with van der Waals surface area (Å²) in [4.78, 5) is 27.3. The summed E-state index contributed by atoms with van der Waals surface area (Å²) in [6.07, 6.45) is 3.18. The highest BCUT2D eigenvalue weighted by atomic mass is 79.9. The zero-order chi connectivity index (χ0) is 15.8. The molecule has 2 aromatic rings. The van der Waals surface area contributed by atoms with Gasteiger partial charge in [-0.15, -0.1) is 0 Å². The summed E-state index contributed by atoms with van der Waals surface area (Å²) in [6.45, 7) is 0.670. The Bertz CT molecular complexity index is 632. The van der Waals surface area contributed by atoms with Gasteiger partial charge in [-0.25, -0.2) is 4.79 Å². The van der Waals surface area contributed by atoms with Crippen LogP contribution in [0.3, 0.4) is 0 Å². The average Bonchev–Trinajstić information content (AvgIpc) is 2.53. The molecule has 0 radical (unpaired) electrons. The molecule has 0 saturated carbocycles. The lowest BCUT2D eigenvalue weighted by Gasteiger charge is -2.08. The van der Waals surface area contributed by atoms with Gasteiger partial charge in [0.2, 0.25) is 0 Å². The van der Waals surface area contributed by atoms with Gasteiger partial charge in [-0.3, -0.25) is 9.78 Å². The van der Waals surface area contributed by atoms with E-state index < -0.39 is 0 Å². The van der Waals surface area contributed by atoms with Crippen LogP contribution in [0.1, 0.15) is 10.4 Å². The molecule has 7 heteroatoms. The van der Waals surface area contributed by atoms with E-state index in [0.717, 1.165) is 4.47 Å². The lowest BCUT2D eigenvalue weighted by Crippen LogP contribution is -2.36. The van der Waals surface area contributed by atoms with E-state index in [9.17, 15) is 9.59 Å². The van der Waals surface area contributed by atoms with Crippen LogP contribution >= 0.6 is 15.9 Å². The van der Waals surface area contributed by atoms with Crippen molar-refractivity contribution < 1.29 is 9.59 Å². The van der Waals surface area contributed by atoms with Crippen LogP contribution in [-0.2, 0) is 0 Å². The number of aromatic nitrogens is 1. The Morgan fingerprint density at radius 2 is 1.77 bits per heavy atom. The molecule has 0 unspecified atom stereocenters. The van der Waals surface area contributed by atoms with E-state index in [0.29, 0.717) is 24.3 Å². The molecule has 1 aromatic carbocycles. The van der Waals surface area contributed by atoms with Gasteiger partial charge in [0.1, 0.15) is 0 Å². The predicted octanol–water partition coefficient (Wildman–Crippen LogP) is 2.40. The third kappa shape index (κ3) is 5.17. The Balaban J connectivity index is 1.67. The Morgan fingerprint density at radius 3 is 2.45 bits per heavy atom. The maximum atomic E-state index is 11.8. The summed E-state index contributed by atoms with van der Waals surface area (Å²) in [7, 11) is 0. The molecule has 0 aliphatic rings. The lowest BCUT2D eigenvalue weighted by molar-refractivity contribution is 0.0954. The van der Waals surface area contributed by atoms with Gasteiger partial charge < -0.3 is 16.0 Å². The van der Waals surface area contributed by atoms with E-state index in [-0.39, 0.29) is 11.9 Å². The molecule has 0 bridgehead atoms. The number of carbonyl (C=O) groups excluding carboxylic acids is 2. The fraction of sp³-hybridized carbons (Fsp3) is 0.133. The Kier molecular flexibility index (Phi) is 5.91. The molecule has 0 aliphatic heterocycles. The topological polar surface area (TPSA) is 83.1 Å². The van der Waals surface area contributed by atoms with Crippen molar-refractivity contribution in [2.45, 2.75) is 0 Å². The van der Waals surface area contributed by atoms with Crippen LogP contribution in [0.4, 0.5) is 10.5 Å². The molecular weight excluding hydrogens is 348 g/mol. The zero-order valence-electron chi connectivity index (χ0n) is 11.7. The molecule has 1 heterocycles. The number of amides is 3. The van der Waals surface area contributed by atoms with Gasteiger partial charge in [0.05, 0.1) is 11.9 Å². The first-order chi connectivity index (χ1) is 10.6. The van der Waals surface area contributed by atoms with Gasteiger partial charge in [0.15, 0.2) is 0 Å². The number of pyridine rings is 1. The first-order valence-corrected chi connectivity index (χ1v) is 7.43. The lowest BCUT2D eigenvalue weighted by atomic mass is 10.2. The molecule has 0 fully saturated rings. The standard InChI is InChI=1S/C15H15BrN4O2/c16-12-5-3-11(4-6-12)14(21)18-8-9-19-15(22)20-13-2-1-7-17-10-13/h1-7,10H,8-9H2,(H,18,21)(H2,19,20,22). The molecule has 0 spiro atoms. The molecule has 3 N–H and O–H groups in total. The smallest absolute Gasteiger partial charge is 0.319 e. The number of anilines is 1. The SMILES string of the molecule is O=C(NCCNC(=O)c1ccc(Br)cc1)Nc1cccnc1. The second kappa shape index (κ2) is 8.14. The number of hydrogen-bond donors (Lipinski definition) is 3. The first kappa shape index (κ1) is 16.0. The normalized spacial score (nSPS) is 9.86. The average molecular weight is 363 g/mol. The minimum absolute atomic E-state index is 0.179. The molecule has 1 aromatic heterocycles. The van der Waals surface area contributed by atoms with Crippen LogP contribution < -0.4 is 16.0 Å². The van der Waals surface area contributed by atoms with Crippen molar-refractivity contribution in [3.8, 4) is 0 Å². The van der Waals surface area contributed by atoms with Gasteiger partial charge in [-0.2, -0.15) is 0 Å². The van der Waals surface area contributed by atoms with E-state index in [1.165, 1.54) is 0 Å². The number of nitrogens with one attached hydrogen (secondary N) is 3. The van der Waals surface area contributed by atoms with E-state index in [1.54, 1.807) is 48.8 Å². The maximum Gasteiger partial charge on any atom is 0.319 e. The minimum atomic E-state index is -0.342. The van der Waals surface area contributed by atoms with Crippen molar-refractivity contribution in [3.05, 3.63) is 58.8 Å². The van der Waals surface area contributed by atoms with Crippen LogP contribution in [-0.4, -0.2) is 30.0 Å². The monoisotopic (exact) mass is 362 g/mol. The van der Waals surface area contributed by atoms with Gasteiger partial charge in [-0.05, 0) is 36.4 Å². The molecule has 0 saturated heterocycles. The molecule has 2 rings (SSSR count). The van der Waals surface area contributed by atoms with Crippen LogP contribution in [0.5, 0.6) is 0 Å². The largest absolute Gasteiger partial charge is 0.350 e. The molecule has 114 valence electrons. The summed E-state index contributed by atoms with van der Waals surface area (Å²) < 4.78 is 0.915. The molecule has 6 nitrogen and oxygen atoms in total. The molecular formula is C15H15BrN4O2. The fourth-order valence-corrected chi connectivity index (χ4v) is 1.93. The molecule has 0 aliphatic carbocycles. The van der Waals surface area contributed by atoms with E-state index in [4.69, 9.17) is 0 Å². The van der Waals surface area contributed by atoms with E-state index in [1.807, 2.05) is 0 Å². The summed E-state index contributed by atoms with van der Waals surface area (Å²) in [6, 6.07) is 10.2. The third-order valence-corrected chi connectivity index (χ3v) is 3.25. The summed E-state index contributed by atoms with van der Waals surface area (Å²) in [5.74, 6) is -0.179. The van der Waals surface area contributed by atoms with Crippen molar-refractivity contribution in [1.29, 1.82) is 0 Å². The van der Waals surface area contributed by atoms with Crippen molar-refractivity contribution in [2.75, 3.05) is 18.4 Å². The Morgan fingerprint density at radius 1 is 1.05 bits per heavy atom. The second-order valence-corrected chi connectivity index (χ2v) is 5.30. The van der Waals surface area contributed by atoms with Crippen LogP contribution in [0, 0.1) is 0 Å². The third-order valence-electron chi connectivity index (χ3n) is 2.72. The highest BCUT2D eigenvalue weighted by Gasteiger charge is 2.05. The van der Waals surface area contributed by atoms with E-state index >= 15 is 0 Å². The number of carbonyl (C=O) groups is 2. The number of hydrogen-bond acceptors (Lipinski definition) is 3. The summed E-state index contributed by atoms with van der Waals surface area (Å²) in [5, 5.41) is 8.01. The maximum absolute atomic E-state index is 11.8. The van der Waals surface area contributed by atoms with Crippen molar-refractivity contribution in [1.82, 2.24) is 15.6 Å².